The standard InChI is InChI=1S/C15H26N2O/c1-5-17(11-12-18-6-2)15-9-7-14(8-10-15)13(3)16-4/h7-10,13,16H,5-6,11-12H2,1-4H3. The molecule has 1 aromatic rings. The van der Waals surface area contributed by atoms with Crippen molar-refractivity contribution in [3.05, 3.63) is 29.8 Å². The number of hydrogen-bond donors (Lipinski definition) is 1. The summed E-state index contributed by atoms with van der Waals surface area (Å²) in [4.78, 5) is 2.34. The van der Waals surface area contributed by atoms with Crippen molar-refractivity contribution in [2.75, 3.05) is 38.3 Å². The van der Waals surface area contributed by atoms with Gasteiger partial charge in [0.2, 0.25) is 0 Å². The zero-order chi connectivity index (χ0) is 13.4. The fourth-order valence-electron chi connectivity index (χ4n) is 1.93. The van der Waals surface area contributed by atoms with Gasteiger partial charge in [0.1, 0.15) is 0 Å². The van der Waals surface area contributed by atoms with Gasteiger partial charge in [0.05, 0.1) is 6.61 Å². The molecular weight excluding hydrogens is 224 g/mol. The van der Waals surface area contributed by atoms with Gasteiger partial charge in [-0.25, -0.2) is 0 Å². The van der Waals surface area contributed by atoms with Gasteiger partial charge in [0.15, 0.2) is 0 Å². The van der Waals surface area contributed by atoms with Gasteiger partial charge in [0, 0.05) is 31.4 Å². The Labute approximate surface area is 111 Å². The molecule has 18 heavy (non-hydrogen) atoms. The van der Waals surface area contributed by atoms with Crippen molar-refractivity contribution >= 4 is 5.69 Å². The molecule has 0 amide bonds. The van der Waals surface area contributed by atoms with Gasteiger partial charge < -0.3 is 15.0 Å². The van der Waals surface area contributed by atoms with Crippen LogP contribution in [0, 0.1) is 0 Å². The normalized spacial score (nSPS) is 12.4. The molecule has 1 unspecified atom stereocenters. The maximum Gasteiger partial charge on any atom is 0.0641 e. The molecule has 0 fully saturated rings. The molecule has 1 aromatic carbocycles. The topological polar surface area (TPSA) is 24.5 Å². The number of rotatable bonds is 8. The minimum Gasteiger partial charge on any atom is -0.380 e. The van der Waals surface area contributed by atoms with Gasteiger partial charge >= 0.3 is 0 Å². The molecule has 3 nitrogen and oxygen atoms in total. The van der Waals surface area contributed by atoms with E-state index >= 15 is 0 Å². The molecule has 0 aromatic heterocycles. The SMILES string of the molecule is CCOCCN(CC)c1ccc(C(C)NC)cc1. The third-order valence-electron chi connectivity index (χ3n) is 3.28. The van der Waals surface area contributed by atoms with Gasteiger partial charge in [-0.05, 0) is 45.5 Å². The van der Waals surface area contributed by atoms with Crippen LogP contribution in [0.1, 0.15) is 32.4 Å². The summed E-state index contributed by atoms with van der Waals surface area (Å²) in [6.07, 6.45) is 0. The highest BCUT2D eigenvalue weighted by Gasteiger charge is 2.06. The lowest BCUT2D eigenvalue weighted by Crippen LogP contribution is -2.27. The smallest absolute Gasteiger partial charge is 0.0641 e. The number of nitrogens with one attached hydrogen (secondary N) is 1. The second-order valence-corrected chi connectivity index (χ2v) is 4.38. The van der Waals surface area contributed by atoms with Crippen LogP contribution < -0.4 is 10.2 Å². The molecule has 0 aliphatic carbocycles. The van der Waals surface area contributed by atoms with Crippen LogP contribution >= 0.6 is 0 Å². The molecule has 0 heterocycles. The number of nitrogens with zero attached hydrogens (tertiary/aromatic N) is 1. The lowest BCUT2D eigenvalue weighted by atomic mass is 10.1. The van der Waals surface area contributed by atoms with Gasteiger partial charge in [-0.15, -0.1) is 0 Å². The predicted octanol–water partition coefficient (Wildman–Crippen LogP) is 2.83. The van der Waals surface area contributed by atoms with Gasteiger partial charge in [0.25, 0.3) is 0 Å². The van der Waals surface area contributed by atoms with Crippen molar-refractivity contribution in [1.29, 1.82) is 0 Å². The van der Waals surface area contributed by atoms with E-state index in [0.717, 1.165) is 26.3 Å². The van der Waals surface area contributed by atoms with Crippen molar-refractivity contribution in [2.24, 2.45) is 0 Å². The monoisotopic (exact) mass is 250 g/mol. The van der Waals surface area contributed by atoms with E-state index in [4.69, 9.17) is 4.74 Å². The average Bonchev–Trinajstić information content (AvgIpc) is 2.43. The zero-order valence-corrected chi connectivity index (χ0v) is 12.1. The highest BCUT2D eigenvalue weighted by Crippen LogP contribution is 2.18. The first-order chi connectivity index (χ1) is 8.72. The summed E-state index contributed by atoms with van der Waals surface area (Å²) in [6.45, 7) is 9.91. The molecule has 1 atom stereocenters. The Kier molecular flexibility index (Phi) is 6.76. The summed E-state index contributed by atoms with van der Waals surface area (Å²) in [5, 5.41) is 3.25. The molecule has 0 saturated heterocycles. The predicted molar refractivity (Wildman–Crippen MR) is 78.3 cm³/mol. The minimum atomic E-state index is 0.401. The molecule has 3 heteroatoms. The summed E-state index contributed by atoms with van der Waals surface area (Å²) < 4.78 is 5.41. The van der Waals surface area contributed by atoms with Crippen molar-refractivity contribution in [3.63, 3.8) is 0 Å². The average molecular weight is 250 g/mol. The maximum atomic E-state index is 5.41. The molecule has 1 rings (SSSR count). The van der Waals surface area contributed by atoms with Crippen molar-refractivity contribution < 1.29 is 4.74 Å². The third-order valence-corrected chi connectivity index (χ3v) is 3.28. The van der Waals surface area contributed by atoms with Crippen LogP contribution in [0.4, 0.5) is 5.69 Å². The first-order valence-corrected chi connectivity index (χ1v) is 6.82. The molecular formula is C15H26N2O. The molecule has 0 saturated carbocycles. The van der Waals surface area contributed by atoms with Crippen molar-refractivity contribution in [1.82, 2.24) is 5.32 Å². The molecule has 1 N–H and O–H groups in total. The largest absolute Gasteiger partial charge is 0.380 e. The Bertz CT molecular complexity index is 324. The molecule has 102 valence electrons. The van der Waals surface area contributed by atoms with Crippen LogP contribution in [0.2, 0.25) is 0 Å². The number of benzene rings is 1. The molecule has 0 aliphatic rings. The zero-order valence-electron chi connectivity index (χ0n) is 12.1. The summed E-state index contributed by atoms with van der Waals surface area (Å²) in [5.41, 5.74) is 2.59. The fraction of sp³-hybridized carbons (Fsp3) is 0.600. The maximum absolute atomic E-state index is 5.41. The van der Waals surface area contributed by atoms with Crippen LogP contribution in [0.5, 0.6) is 0 Å². The fourth-order valence-corrected chi connectivity index (χ4v) is 1.93. The van der Waals surface area contributed by atoms with E-state index < -0.39 is 0 Å². The second-order valence-electron chi connectivity index (χ2n) is 4.38. The number of likely N-dealkylation sites (N-methyl/N-ethyl adjacent to an activating group) is 1. The van der Waals surface area contributed by atoms with E-state index in [-0.39, 0.29) is 0 Å². The lowest BCUT2D eigenvalue weighted by molar-refractivity contribution is 0.154. The third kappa shape index (κ3) is 4.31. The van der Waals surface area contributed by atoms with E-state index in [1.54, 1.807) is 0 Å². The number of ether oxygens (including phenoxy) is 1. The number of anilines is 1. The minimum absolute atomic E-state index is 0.401. The molecule has 0 spiro atoms. The van der Waals surface area contributed by atoms with Crippen molar-refractivity contribution in [2.45, 2.75) is 26.8 Å². The van der Waals surface area contributed by atoms with Crippen LogP contribution in [0.3, 0.4) is 0 Å². The Hall–Kier alpha value is -1.06. The molecule has 0 bridgehead atoms. The Balaban J connectivity index is 2.63. The summed E-state index contributed by atoms with van der Waals surface area (Å²) in [6, 6.07) is 9.18. The van der Waals surface area contributed by atoms with E-state index in [9.17, 15) is 0 Å². The van der Waals surface area contributed by atoms with E-state index in [1.807, 2.05) is 14.0 Å². The molecule has 0 radical (unpaired) electrons. The quantitative estimate of drug-likeness (QED) is 0.718. The van der Waals surface area contributed by atoms with E-state index in [0.29, 0.717) is 6.04 Å². The van der Waals surface area contributed by atoms with E-state index in [2.05, 4.69) is 48.3 Å². The Morgan fingerprint density at radius 1 is 1.22 bits per heavy atom. The first-order valence-electron chi connectivity index (χ1n) is 6.82. The summed E-state index contributed by atoms with van der Waals surface area (Å²) >= 11 is 0. The van der Waals surface area contributed by atoms with Gasteiger partial charge in [-0.3, -0.25) is 0 Å². The van der Waals surface area contributed by atoms with Crippen LogP contribution in [-0.2, 0) is 4.74 Å². The Morgan fingerprint density at radius 2 is 1.89 bits per heavy atom. The highest BCUT2D eigenvalue weighted by atomic mass is 16.5. The van der Waals surface area contributed by atoms with Gasteiger partial charge in [-0.1, -0.05) is 12.1 Å². The lowest BCUT2D eigenvalue weighted by Gasteiger charge is -2.23. The van der Waals surface area contributed by atoms with Crippen LogP contribution in [0.15, 0.2) is 24.3 Å². The summed E-state index contributed by atoms with van der Waals surface area (Å²) in [7, 11) is 1.99. The van der Waals surface area contributed by atoms with Gasteiger partial charge in [-0.2, -0.15) is 0 Å². The number of hydrogen-bond acceptors (Lipinski definition) is 3. The molecule has 0 aliphatic heterocycles. The Morgan fingerprint density at radius 3 is 2.39 bits per heavy atom. The van der Waals surface area contributed by atoms with Crippen LogP contribution in [0.25, 0.3) is 0 Å². The highest BCUT2D eigenvalue weighted by molar-refractivity contribution is 5.47. The second kappa shape index (κ2) is 8.11. The van der Waals surface area contributed by atoms with Crippen molar-refractivity contribution in [3.8, 4) is 0 Å². The van der Waals surface area contributed by atoms with Crippen LogP contribution in [-0.4, -0.2) is 33.4 Å². The van der Waals surface area contributed by atoms with E-state index in [1.165, 1.54) is 11.3 Å². The first kappa shape index (κ1) is 15.0. The summed E-state index contributed by atoms with van der Waals surface area (Å²) in [5.74, 6) is 0.